The fraction of sp³-hybridized carbons (Fsp3) is 0.800. The van der Waals surface area contributed by atoms with Gasteiger partial charge < -0.3 is 30.7 Å². The average molecular weight is 248 g/mol. The first-order valence-electron chi connectivity index (χ1n) is 5.64. The zero-order valence-corrected chi connectivity index (χ0v) is 9.72. The Balaban J connectivity index is 3.89. The lowest BCUT2D eigenvalue weighted by molar-refractivity contribution is -0.682. The Bertz CT molecular complexity index is 235. The first-order valence-corrected chi connectivity index (χ1v) is 5.64. The highest BCUT2D eigenvalue weighted by molar-refractivity contribution is 5.82. The highest BCUT2D eigenvalue weighted by atomic mass is 16.4. The van der Waals surface area contributed by atoms with Crippen LogP contribution in [0, 0.1) is 0 Å². The summed E-state index contributed by atoms with van der Waals surface area (Å²) in [6, 6.07) is -0.935. The van der Waals surface area contributed by atoms with Crippen molar-refractivity contribution in [3.63, 3.8) is 0 Å². The van der Waals surface area contributed by atoms with E-state index >= 15 is 0 Å². The van der Waals surface area contributed by atoms with Gasteiger partial charge in [0.1, 0.15) is 6.04 Å². The number of nitrogens with two attached hydrogens (primary N) is 1. The van der Waals surface area contributed by atoms with Crippen molar-refractivity contribution in [1.29, 1.82) is 0 Å². The highest BCUT2D eigenvalue weighted by Crippen LogP contribution is 1.86. The molecule has 1 amide bonds. The molecule has 0 aromatic rings. The molecule has 0 heterocycles. The number of aliphatic carboxylic acids is 1. The van der Waals surface area contributed by atoms with Crippen LogP contribution >= 0.6 is 0 Å². The number of carbonyl (C=O) groups excluding carboxylic acids is 2. The Morgan fingerprint density at radius 2 is 1.88 bits per heavy atom. The first kappa shape index (κ1) is 15.8. The third-order valence-electron chi connectivity index (χ3n) is 2.18. The van der Waals surface area contributed by atoms with Gasteiger partial charge in [0.15, 0.2) is 0 Å². The van der Waals surface area contributed by atoms with Gasteiger partial charge in [-0.1, -0.05) is 0 Å². The monoisotopic (exact) mass is 248 g/mol. The van der Waals surface area contributed by atoms with Gasteiger partial charge in [-0.3, -0.25) is 4.79 Å². The van der Waals surface area contributed by atoms with E-state index < -0.39 is 12.0 Å². The van der Waals surface area contributed by atoms with Gasteiger partial charge in [-0.25, -0.2) is 0 Å². The van der Waals surface area contributed by atoms with Gasteiger partial charge in [0.05, 0.1) is 18.9 Å². The van der Waals surface area contributed by atoms with Gasteiger partial charge in [0.2, 0.25) is 5.91 Å². The molecule has 0 aliphatic carbocycles. The van der Waals surface area contributed by atoms with E-state index in [1.54, 1.807) is 0 Å². The third kappa shape index (κ3) is 8.61. The van der Waals surface area contributed by atoms with Gasteiger partial charge in [0, 0.05) is 26.2 Å². The van der Waals surface area contributed by atoms with Crippen molar-refractivity contribution in [1.82, 2.24) is 5.32 Å². The fourth-order valence-electron chi connectivity index (χ4n) is 1.25. The molecule has 0 spiro atoms. The van der Waals surface area contributed by atoms with Crippen LogP contribution in [0.1, 0.15) is 19.3 Å². The molecule has 0 aliphatic rings. The maximum atomic E-state index is 11.3. The molecule has 0 aromatic carbocycles. The lowest BCUT2D eigenvalue weighted by Gasteiger charge is -2.15. The molecule has 1 atom stereocenters. The van der Waals surface area contributed by atoms with E-state index in [0.717, 1.165) is 0 Å². The fourth-order valence-corrected chi connectivity index (χ4v) is 1.25. The minimum Gasteiger partial charge on any atom is -0.544 e. The van der Waals surface area contributed by atoms with E-state index in [9.17, 15) is 14.7 Å². The zero-order chi connectivity index (χ0) is 13.1. The molecule has 0 fully saturated rings. The highest BCUT2D eigenvalue weighted by Gasteiger charge is 2.17. The number of carbonyl (C=O) groups is 2. The number of aliphatic hydroxyl groups excluding tert-OH is 2. The van der Waals surface area contributed by atoms with Crippen molar-refractivity contribution in [2.75, 3.05) is 26.3 Å². The first-order chi connectivity index (χ1) is 8.11. The van der Waals surface area contributed by atoms with Gasteiger partial charge >= 0.3 is 0 Å². The van der Waals surface area contributed by atoms with Gasteiger partial charge in [-0.05, 0) is 6.42 Å². The van der Waals surface area contributed by atoms with E-state index in [0.29, 0.717) is 25.9 Å². The van der Waals surface area contributed by atoms with E-state index in [2.05, 4.69) is 5.32 Å². The summed E-state index contributed by atoms with van der Waals surface area (Å²) in [7, 11) is 0. The number of aliphatic hydroxyl groups is 2. The minimum absolute atomic E-state index is 0.0149. The van der Waals surface area contributed by atoms with E-state index in [4.69, 9.17) is 10.2 Å². The predicted molar refractivity (Wildman–Crippen MR) is 56.6 cm³/mol. The molecule has 0 bridgehead atoms. The van der Waals surface area contributed by atoms with Crippen LogP contribution in [0.15, 0.2) is 0 Å². The number of rotatable bonds is 10. The molecule has 0 aromatic heterocycles. The van der Waals surface area contributed by atoms with Gasteiger partial charge in [0.25, 0.3) is 0 Å². The lowest BCUT2D eigenvalue weighted by atomic mass is 10.2. The maximum absolute atomic E-state index is 11.3. The molecule has 0 rings (SSSR count). The van der Waals surface area contributed by atoms with Crippen molar-refractivity contribution < 1.29 is 30.2 Å². The van der Waals surface area contributed by atoms with Crippen molar-refractivity contribution in [2.24, 2.45) is 0 Å². The topological polar surface area (TPSA) is 126 Å². The average Bonchev–Trinajstić information content (AvgIpc) is 2.28. The minimum atomic E-state index is -1.29. The number of hydrogen-bond acceptors (Lipinski definition) is 5. The molecular formula is C10H20N2O5. The summed E-state index contributed by atoms with van der Waals surface area (Å²) in [4.78, 5) is 22.0. The second kappa shape index (κ2) is 10.0. The third-order valence-corrected chi connectivity index (χ3v) is 2.18. The van der Waals surface area contributed by atoms with Crippen LogP contribution in [0.4, 0.5) is 0 Å². The number of carboxylic acid groups (broad SMARTS) is 1. The molecule has 0 unspecified atom stereocenters. The molecule has 0 radical (unpaired) electrons. The summed E-state index contributed by atoms with van der Waals surface area (Å²) in [6.45, 7) is 0.719. The Kier molecular flexibility index (Phi) is 9.31. The van der Waals surface area contributed by atoms with E-state index in [1.807, 2.05) is 0 Å². The van der Waals surface area contributed by atoms with Crippen LogP contribution in [0.2, 0.25) is 0 Å². The van der Waals surface area contributed by atoms with Gasteiger partial charge in [-0.2, -0.15) is 0 Å². The molecule has 100 valence electrons. The summed E-state index contributed by atoms with van der Waals surface area (Å²) < 4.78 is 0. The SMILES string of the molecule is O=C(C[C@H]([NH2+]CCCO)C(=O)[O-])NCCCO. The summed E-state index contributed by atoms with van der Waals surface area (Å²) in [5.41, 5.74) is 0. The molecule has 5 N–H and O–H groups in total. The number of carboxylic acids is 1. The van der Waals surface area contributed by atoms with Crippen LogP contribution < -0.4 is 15.7 Å². The van der Waals surface area contributed by atoms with Crippen molar-refractivity contribution in [2.45, 2.75) is 25.3 Å². The Morgan fingerprint density at radius 3 is 2.41 bits per heavy atom. The van der Waals surface area contributed by atoms with Crippen molar-refractivity contribution in [3.8, 4) is 0 Å². The van der Waals surface area contributed by atoms with E-state index in [-0.39, 0.29) is 25.5 Å². The second-order valence-corrected chi connectivity index (χ2v) is 3.66. The molecule has 0 aliphatic heterocycles. The standard InChI is InChI=1S/C10H20N2O5/c13-5-1-3-11-8(10(16)17)7-9(15)12-4-2-6-14/h8,11,13-14H,1-7H2,(H,12,15)(H,16,17)/t8-/m0/s1. The van der Waals surface area contributed by atoms with E-state index in [1.165, 1.54) is 5.32 Å². The smallest absolute Gasteiger partial charge is 0.226 e. The van der Waals surface area contributed by atoms with Crippen LogP contribution in [0.3, 0.4) is 0 Å². The molecule has 0 saturated carbocycles. The van der Waals surface area contributed by atoms with Gasteiger partial charge in [-0.15, -0.1) is 0 Å². The summed E-state index contributed by atoms with van der Waals surface area (Å²) in [5, 5.41) is 31.8. The molecule has 0 saturated heterocycles. The largest absolute Gasteiger partial charge is 0.544 e. The van der Waals surface area contributed by atoms with Crippen LogP contribution in [-0.2, 0) is 9.59 Å². The summed E-state index contributed by atoms with van der Waals surface area (Å²) >= 11 is 0. The van der Waals surface area contributed by atoms with Crippen LogP contribution in [0.25, 0.3) is 0 Å². The summed E-state index contributed by atoms with van der Waals surface area (Å²) in [5.74, 6) is -1.67. The molecular weight excluding hydrogens is 228 g/mol. The molecule has 7 nitrogen and oxygen atoms in total. The molecule has 17 heavy (non-hydrogen) atoms. The number of hydrogen-bond donors (Lipinski definition) is 4. The second-order valence-electron chi connectivity index (χ2n) is 3.66. The normalized spacial score (nSPS) is 12.1. The zero-order valence-electron chi connectivity index (χ0n) is 9.72. The van der Waals surface area contributed by atoms with Crippen molar-refractivity contribution >= 4 is 11.9 Å². The summed E-state index contributed by atoms with van der Waals surface area (Å²) in [6.07, 6.45) is 0.741. The molecule has 7 heteroatoms. The van der Waals surface area contributed by atoms with Crippen molar-refractivity contribution in [3.05, 3.63) is 0 Å². The maximum Gasteiger partial charge on any atom is 0.226 e. The predicted octanol–water partition coefficient (Wildman–Crippen LogP) is -4.06. The van der Waals surface area contributed by atoms with Crippen LogP contribution in [0.5, 0.6) is 0 Å². The Labute approximate surface area is 99.8 Å². The number of amides is 1. The van der Waals surface area contributed by atoms with Crippen LogP contribution in [-0.4, -0.2) is 54.4 Å². The quantitative estimate of drug-likeness (QED) is 0.293. The number of nitrogens with one attached hydrogen (secondary N) is 1. The number of quaternary nitrogens is 1. The Morgan fingerprint density at radius 1 is 1.24 bits per heavy atom. The Hall–Kier alpha value is -1.18. The lowest BCUT2D eigenvalue weighted by Crippen LogP contribution is -2.93.